The number of nitrogens with zero attached hydrogens (tertiary/aromatic N) is 3. The summed E-state index contributed by atoms with van der Waals surface area (Å²) < 4.78 is 5.84. The van der Waals surface area contributed by atoms with Crippen LogP contribution in [0.3, 0.4) is 0 Å². The predicted molar refractivity (Wildman–Crippen MR) is 83.7 cm³/mol. The van der Waals surface area contributed by atoms with E-state index in [0.29, 0.717) is 12.5 Å². The van der Waals surface area contributed by atoms with Gasteiger partial charge in [0, 0.05) is 18.5 Å². The molecule has 0 radical (unpaired) electrons. The van der Waals surface area contributed by atoms with Crippen LogP contribution < -0.4 is 10.1 Å². The fourth-order valence-corrected chi connectivity index (χ4v) is 1.64. The van der Waals surface area contributed by atoms with Crippen LogP contribution in [0, 0.1) is 6.92 Å². The Balaban J connectivity index is 3.04. The van der Waals surface area contributed by atoms with Crippen molar-refractivity contribution >= 4 is 5.82 Å². The van der Waals surface area contributed by atoms with Crippen LogP contribution in [0.5, 0.6) is 5.88 Å². The van der Waals surface area contributed by atoms with Gasteiger partial charge >= 0.3 is 0 Å². The second-order valence-corrected chi connectivity index (χ2v) is 6.26. The number of hydrogen-bond donors (Lipinski definition) is 1. The first kappa shape index (κ1) is 16.7. The molecule has 0 aliphatic heterocycles. The second kappa shape index (κ2) is 6.88. The zero-order valence-electron chi connectivity index (χ0n) is 13.9. The van der Waals surface area contributed by atoms with Gasteiger partial charge in [-0.05, 0) is 27.9 Å². The van der Waals surface area contributed by atoms with E-state index in [4.69, 9.17) is 4.74 Å². The summed E-state index contributed by atoms with van der Waals surface area (Å²) in [6.45, 7) is 12.7. The van der Waals surface area contributed by atoms with E-state index in [1.54, 1.807) is 0 Å². The standard InChI is InChI=1S/C15H28N4O/c1-8-16-12-11(2)13(20-10-9-19(6)7)18-14(17-12)15(3,4)5/h8-10H2,1-7H3,(H,16,17,18). The predicted octanol–water partition coefficient (Wildman–Crippen LogP) is 2.45. The molecule has 0 aliphatic rings. The van der Waals surface area contributed by atoms with Crippen molar-refractivity contribution in [2.75, 3.05) is 39.1 Å². The molecule has 0 fully saturated rings. The van der Waals surface area contributed by atoms with Gasteiger partial charge in [0.2, 0.25) is 5.88 Å². The number of nitrogens with one attached hydrogen (secondary N) is 1. The van der Waals surface area contributed by atoms with Crippen LogP contribution in [-0.2, 0) is 5.41 Å². The Kier molecular flexibility index (Phi) is 5.74. The quantitative estimate of drug-likeness (QED) is 0.867. The van der Waals surface area contributed by atoms with Crippen molar-refractivity contribution in [3.05, 3.63) is 11.4 Å². The first-order valence-corrected chi connectivity index (χ1v) is 7.16. The van der Waals surface area contributed by atoms with Crippen LogP contribution >= 0.6 is 0 Å². The van der Waals surface area contributed by atoms with E-state index < -0.39 is 0 Å². The summed E-state index contributed by atoms with van der Waals surface area (Å²) in [5, 5.41) is 3.29. The normalized spacial score (nSPS) is 11.8. The molecule has 1 rings (SSSR count). The van der Waals surface area contributed by atoms with Gasteiger partial charge in [-0.2, -0.15) is 4.98 Å². The van der Waals surface area contributed by atoms with E-state index in [1.807, 2.05) is 21.0 Å². The SMILES string of the molecule is CCNc1nc(C(C)(C)C)nc(OCCN(C)C)c1C. The molecule has 114 valence electrons. The van der Waals surface area contributed by atoms with Crippen LogP contribution in [0.1, 0.15) is 39.1 Å². The molecule has 1 heterocycles. The Bertz CT molecular complexity index is 438. The average Bonchev–Trinajstić information content (AvgIpc) is 2.32. The number of aromatic nitrogens is 2. The average molecular weight is 280 g/mol. The summed E-state index contributed by atoms with van der Waals surface area (Å²) in [6, 6.07) is 0. The van der Waals surface area contributed by atoms with Crippen molar-refractivity contribution in [1.82, 2.24) is 14.9 Å². The summed E-state index contributed by atoms with van der Waals surface area (Å²) in [7, 11) is 4.06. The molecule has 0 unspecified atom stereocenters. The largest absolute Gasteiger partial charge is 0.476 e. The molecule has 1 aromatic heterocycles. The summed E-state index contributed by atoms with van der Waals surface area (Å²) >= 11 is 0. The van der Waals surface area contributed by atoms with Gasteiger partial charge in [0.15, 0.2) is 0 Å². The van der Waals surface area contributed by atoms with Gasteiger partial charge in [-0.3, -0.25) is 0 Å². The number of anilines is 1. The third-order valence-electron chi connectivity index (χ3n) is 2.89. The van der Waals surface area contributed by atoms with Gasteiger partial charge in [-0.1, -0.05) is 20.8 Å². The van der Waals surface area contributed by atoms with E-state index in [1.165, 1.54) is 0 Å². The van der Waals surface area contributed by atoms with E-state index in [-0.39, 0.29) is 5.41 Å². The van der Waals surface area contributed by atoms with Crippen molar-refractivity contribution in [3.8, 4) is 5.88 Å². The summed E-state index contributed by atoms with van der Waals surface area (Å²) in [4.78, 5) is 11.3. The number of rotatable bonds is 6. The maximum Gasteiger partial charge on any atom is 0.221 e. The summed E-state index contributed by atoms with van der Waals surface area (Å²) in [5.41, 5.74) is 0.871. The van der Waals surface area contributed by atoms with E-state index in [0.717, 1.165) is 30.3 Å². The van der Waals surface area contributed by atoms with Crippen LogP contribution in [0.2, 0.25) is 0 Å². The minimum Gasteiger partial charge on any atom is -0.476 e. The third-order valence-corrected chi connectivity index (χ3v) is 2.89. The Morgan fingerprint density at radius 1 is 1.20 bits per heavy atom. The molecule has 20 heavy (non-hydrogen) atoms. The van der Waals surface area contributed by atoms with E-state index in [2.05, 4.69) is 47.9 Å². The van der Waals surface area contributed by atoms with Crippen molar-refractivity contribution in [2.24, 2.45) is 0 Å². The molecule has 5 nitrogen and oxygen atoms in total. The van der Waals surface area contributed by atoms with E-state index >= 15 is 0 Å². The number of ether oxygens (including phenoxy) is 1. The van der Waals surface area contributed by atoms with Crippen molar-refractivity contribution in [2.45, 2.75) is 40.0 Å². The molecular formula is C15H28N4O. The van der Waals surface area contributed by atoms with Crippen LogP contribution in [0.25, 0.3) is 0 Å². The maximum absolute atomic E-state index is 5.84. The van der Waals surface area contributed by atoms with Gasteiger partial charge in [-0.15, -0.1) is 0 Å². The minimum absolute atomic E-state index is 0.0997. The fraction of sp³-hybridized carbons (Fsp3) is 0.733. The topological polar surface area (TPSA) is 50.3 Å². The number of likely N-dealkylation sites (N-methyl/N-ethyl adjacent to an activating group) is 1. The highest BCUT2D eigenvalue weighted by atomic mass is 16.5. The lowest BCUT2D eigenvalue weighted by molar-refractivity contribution is 0.250. The lowest BCUT2D eigenvalue weighted by Crippen LogP contribution is -2.22. The molecule has 0 saturated carbocycles. The van der Waals surface area contributed by atoms with Crippen molar-refractivity contribution < 1.29 is 4.74 Å². The molecule has 0 saturated heterocycles. The van der Waals surface area contributed by atoms with Gasteiger partial charge in [0.25, 0.3) is 0 Å². The first-order valence-electron chi connectivity index (χ1n) is 7.16. The molecule has 0 spiro atoms. The molecule has 0 amide bonds. The van der Waals surface area contributed by atoms with Gasteiger partial charge in [0.05, 0.1) is 5.56 Å². The van der Waals surface area contributed by atoms with Gasteiger partial charge < -0.3 is 15.0 Å². The Morgan fingerprint density at radius 3 is 2.35 bits per heavy atom. The molecule has 1 aromatic rings. The van der Waals surface area contributed by atoms with Crippen molar-refractivity contribution in [1.29, 1.82) is 0 Å². The zero-order chi connectivity index (χ0) is 15.3. The van der Waals surface area contributed by atoms with Crippen LogP contribution in [0.4, 0.5) is 5.82 Å². The lowest BCUT2D eigenvalue weighted by atomic mass is 9.95. The molecule has 0 aliphatic carbocycles. The number of hydrogen-bond acceptors (Lipinski definition) is 5. The third kappa shape index (κ3) is 4.63. The smallest absolute Gasteiger partial charge is 0.221 e. The highest BCUT2D eigenvalue weighted by molar-refractivity contribution is 5.49. The first-order chi connectivity index (χ1) is 9.25. The highest BCUT2D eigenvalue weighted by Gasteiger charge is 2.21. The summed E-state index contributed by atoms with van der Waals surface area (Å²) in [6.07, 6.45) is 0. The monoisotopic (exact) mass is 280 g/mol. The minimum atomic E-state index is -0.0997. The molecule has 0 bridgehead atoms. The van der Waals surface area contributed by atoms with E-state index in [9.17, 15) is 0 Å². The maximum atomic E-state index is 5.84. The Labute approximate surface area is 122 Å². The highest BCUT2D eigenvalue weighted by Crippen LogP contribution is 2.27. The van der Waals surface area contributed by atoms with Crippen LogP contribution in [-0.4, -0.2) is 48.7 Å². The molecule has 1 N–H and O–H groups in total. The molecule has 0 aromatic carbocycles. The second-order valence-electron chi connectivity index (χ2n) is 6.26. The Hall–Kier alpha value is -1.36. The molecule has 5 heteroatoms. The Morgan fingerprint density at radius 2 is 1.85 bits per heavy atom. The zero-order valence-corrected chi connectivity index (χ0v) is 13.9. The van der Waals surface area contributed by atoms with Crippen molar-refractivity contribution in [3.63, 3.8) is 0 Å². The molecule has 0 atom stereocenters. The lowest BCUT2D eigenvalue weighted by Gasteiger charge is -2.21. The summed E-state index contributed by atoms with van der Waals surface area (Å²) in [5.74, 6) is 2.36. The molecular weight excluding hydrogens is 252 g/mol. The van der Waals surface area contributed by atoms with Gasteiger partial charge in [0.1, 0.15) is 18.2 Å². The van der Waals surface area contributed by atoms with Gasteiger partial charge in [-0.25, -0.2) is 4.98 Å². The fourth-order valence-electron chi connectivity index (χ4n) is 1.64. The van der Waals surface area contributed by atoms with Crippen LogP contribution in [0.15, 0.2) is 0 Å².